The molecular weight excluding hydrogens is 278 g/mol. The van der Waals surface area contributed by atoms with Crippen LogP contribution in [0.15, 0.2) is 17.0 Å². The Morgan fingerprint density at radius 3 is 2.95 bits per heavy atom. The van der Waals surface area contributed by atoms with Gasteiger partial charge in [0.1, 0.15) is 12.0 Å². The molecule has 1 aliphatic heterocycles. The highest BCUT2D eigenvalue weighted by molar-refractivity contribution is 5.52. The minimum atomic E-state index is 0.308. The molecule has 0 amide bonds. The van der Waals surface area contributed by atoms with Gasteiger partial charge in [0, 0.05) is 19.3 Å². The Balaban J connectivity index is 1.65. The van der Waals surface area contributed by atoms with Crippen molar-refractivity contribution in [3.05, 3.63) is 24.0 Å². The van der Waals surface area contributed by atoms with Gasteiger partial charge in [0.05, 0.1) is 5.92 Å². The van der Waals surface area contributed by atoms with Gasteiger partial charge in [-0.05, 0) is 30.7 Å². The average Bonchev–Trinajstić information content (AvgIpc) is 3.16. The van der Waals surface area contributed by atoms with Crippen LogP contribution in [0.25, 0.3) is 11.5 Å². The van der Waals surface area contributed by atoms with E-state index in [2.05, 4.69) is 25.4 Å². The summed E-state index contributed by atoms with van der Waals surface area (Å²) in [6, 6.07) is 0. The van der Waals surface area contributed by atoms with Gasteiger partial charge in [-0.25, -0.2) is 9.97 Å². The Kier molecular flexibility index (Phi) is 3.41. The van der Waals surface area contributed by atoms with Crippen molar-refractivity contribution >= 4 is 0 Å². The Labute approximate surface area is 129 Å². The van der Waals surface area contributed by atoms with E-state index in [1.807, 2.05) is 6.92 Å². The standard InChI is InChI=1S/C16H21N5O/c1-11-7-18-10-19-13(11)14-20-15(22-21-14)12-8-17-9-16(12)5-3-2-4-6-16/h7,10,12,17H,2-6,8-9H2,1H3. The van der Waals surface area contributed by atoms with Crippen LogP contribution >= 0.6 is 0 Å². The van der Waals surface area contributed by atoms with Gasteiger partial charge in [-0.2, -0.15) is 4.98 Å². The van der Waals surface area contributed by atoms with Crippen molar-refractivity contribution in [3.63, 3.8) is 0 Å². The first-order chi connectivity index (χ1) is 10.8. The number of aromatic nitrogens is 4. The minimum absolute atomic E-state index is 0.308. The fourth-order valence-corrected chi connectivity index (χ4v) is 4.04. The van der Waals surface area contributed by atoms with Gasteiger partial charge >= 0.3 is 0 Å². The molecule has 2 aliphatic rings. The van der Waals surface area contributed by atoms with E-state index in [4.69, 9.17) is 4.52 Å². The predicted molar refractivity (Wildman–Crippen MR) is 81.2 cm³/mol. The molecule has 1 unspecified atom stereocenters. The van der Waals surface area contributed by atoms with Crippen LogP contribution in [0.3, 0.4) is 0 Å². The van der Waals surface area contributed by atoms with E-state index in [9.17, 15) is 0 Å². The number of nitrogens with zero attached hydrogens (tertiary/aromatic N) is 4. The molecule has 0 aromatic carbocycles. The second-order valence-electron chi connectivity index (χ2n) is 6.62. The molecule has 6 heteroatoms. The Hall–Kier alpha value is -1.82. The SMILES string of the molecule is Cc1cncnc1-c1noc(C2CNCC23CCCCC3)n1. The van der Waals surface area contributed by atoms with Crippen molar-refractivity contribution in [2.75, 3.05) is 13.1 Å². The first kappa shape index (κ1) is 13.8. The maximum Gasteiger partial charge on any atom is 0.232 e. The number of hydrogen-bond donors (Lipinski definition) is 1. The fourth-order valence-electron chi connectivity index (χ4n) is 4.04. The van der Waals surface area contributed by atoms with E-state index in [1.165, 1.54) is 38.4 Å². The summed E-state index contributed by atoms with van der Waals surface area (Å²) in [5, 5.41) is 7.70. The molecule has 1 saturated carbocycles. The summed E-state index contributed by atoms with van der Waals surface area (Å²) in [5.74, 6) is 1.67. The van der Waals surface area contributed by atoms with Crippen LogP contribution in [-0.4, -0.2) is 33.2 Å². The highest BCUT2D eigenvalue weighted by Gasteiger charge is 2.46. The summed E-state index contributed by atoms with van der Waals surface area (Å²) < 4.78 is 5.62. The van der Waals surface area contributed by atoms with Crippen LogP contribution in [0.1, 0.15) is 49.5 Å². The summed E-state index contributed by atoms with van der Waals surface area (Å²) in [7, 11) is 0. The van der Waals surface area contributed by atoms with E-state index in [-0.39, 0.29) is 0 Å². The predicted octanol–water partition coefficient (Wildman–Crippen LogP) is 2.47. The third-order valence-corrected chi connectivity index (χ3v) is 5.26. The molecule has 1 atom stereocenters. The van der Waals surface area contributed by atoms with Crippen molar-refractivity contribution < 1.29 is 4.52 Å². The smallest absolute Gasteiger partial charge is 0.232 e. The fraction of sp³-hybridized carbons (Fsp3) is 0.625. The van der Waals surface area contributed by atoms with Gasteiger partial charge in [0.25, 0.3) is 0 Å². The molecule has 116 valence electrons. The maximum atomic E-state index is 5.62. The largest absolute Gasteiger partial charge is 0.339 e. The zero-order valence-corrected chi connectivity index (χ0v) is 12.9. The third-order valence-electron chi connectivity index (χ3n) is 5.26. The van der Waals surface area contributed by atoms with Crippen molar-refractivity contribution in [3.8, 4) is 11.5 Å². The molecule has 1 saturated heterocycles. The van der Waals surface area contributed by atoms with Crippen molar-refractivity contribution in [1.29, 1.82) is 0 Å². The van der Waals surface area contributed by atoms with Crippen molar-refractivity contribution in [1.82, 2.24) is 25.4 Å². The summed E-state index contributed by atoms with van der Waals surface area (Å²) in [6.07, 6.45) is 9.79. The molecular formula is C16H21N5O. The topological polar surface area (TPSA) is 76.7 Å². The number of aryl methyl sites for hydroxylation is 1. The number of rotatable bonds is 2. The minimum Gasteiger partial charge on any atom is -0.339 e. The van der Waals surface area contributed by atoms with E-state index < -0.39 is 0 Å². The van der Waals surface area contributed by atoms with Gasteiger partial charge in [-0.15, -0.1) is 0 Å². The van der Waals surface area contributed by atoms with Crippen LogP contribution in [-0.2, 0) is 0 Å². The highest BCUT2D eigenvalue weighted by Crippen LogP contribution is 2.49. The van der Waals surface area contributed by atoms with Crippen LogP contribution in [0, 0.1) is 12.3 Å². The summed E-state index contributed by atoms with van der Waals surface area (Å²) >= 11 is 0. The number of nitrogens with one attached hydrogen (secondary N) is 1. The molecule has 2 aromatic heterocycles. The Morgan fingerprint density at radius 1 is 1.27 bits per heavy atom. The van der Waals surface area contributed by atoms with Crippen LogP contribution in [0.5, 0.6) is 0 Å². The second-order valence-corrected chi connectivity index (χ2v) is 6.62. The number of hydrogen-bond acceptors (Lipinski definition) is 6. The maximum absolute atomic E-state index is 5.62. The van der Waals surface area contributed by atoms with Gasteiger partial charge in [-0.1, -0.05) is 24.4 Å². The molecule has 2 fully saturated rings. The molecule has 1 aliphatic carbocycles. The lowest BCUT2D eigenvalue weighted by molar-refractivity contribution is 0.165. The molecule has 0 bridgehead atoms. The summed E-state index contributed by atoms with van der Waals surface area (Å²) in [5.41, 5.74) is 2.03. The van der Waals surface area contributed by atoms with Crippen molar-refractivity contribution in [2.24, 2.45) is 5.41 Å². The lowest BCUT2D eigenvalue weighted by Crippen LogP contribution is -2.31. The molecule has 4 rings (SSSR count). The van der Waals surface area contributed by atoms with E-state index in [0.717, 1.165) is 30.2 Å². The zero-order chi connectivity index (χ0) is 15.0. The third kappa shape index (κ3) is 2.22. The summed E-state index contributed by atoms with van der Waals surface area (Å²) in [4.78, 5) is 13.0. The van der Waals surface area contributed by atoms with Crippen LogP contribution < -0.4 is 5.32 Å². The monoisotopic (exact) mass is 299 g/mol. The average molecular weight is 299 g/mol. The molecule has 22 heavy (non-hydrogen) atoms. The Morgan fingerprint density at radius 2 is 2.14 bits per heavy atom. The molecule has 6 nitrogen and oxygen atoms in total. The van der Waals surface area contributed by atoms with E-state index in [0.29, 0.717) is 17.2 Å². The molecule has 1 spiro atoms. The molecule has 0 radical (unpaired) electrons. The quantitative estimate of drug-likeness (QED) is 0.918. The Bertz CT molecular complexity index is 662. The van der Waals surface area contributed by atoms with Gasteiger partial charge in [0.15, 0.2) is 0 Å². The molecule has 1 N–H and O–H groups in total. The normalized spacial score (nSPS) is 24.0. The zero-order valence-electron chi connectivity index (χ0n) is 12.9. The van der Waals surface area contributed by atoms with E-state index in [1.54, 1.807) is 6.20 Å². The molecule has 2 aromatic rings. The van der Waals surface area contributed by atoms with Crippen LogP contribution in [0.2, 0.25) is 0 Å². The van der Waals surface area contributed by atoms with E-state index >= 15 is 0 Å². The molecule has 3 heterocycles. The lowest BCUT2D eigenvalue weighted by Gasteiger charge is -2.36. The first-order valence-electron chi connectivity index (χ1n) is 8.10. The van der Waals surface area contributed by atoms with Gasteiger partial charge < -0.3 is 9.84 Å². The lowest BCUT2D eigenvalue weighted by atomic mass is 9.67. The first-order valence-corrected chi connectivity index (χ1v) is 8.10. The van der Waals surface area contributed by atoms with Gasteiger partial charge in [0.2, 0.25) is 11.7 Å². The second kappa shape index (κ2) is 5.43. The summed E-state index contributed by atoms with van der Waals surface area (Å²) in [6.45, 7) is 3.97. The highest BCUT2D eigenvalue weighted by atomic mass is 16.5. The van der Waals surface area contributed by atoms with Crippen LogP contribution in [0.4, 0.5) is 0 Å². The van der Waals surface area contributed by atoms with Gasteiger partial charge in [-0.3, -0.25) is 0 Å². The van der Waals surface area contributed by atoms with Crippen molar-refractivity contribution in [2.45, 2.75) is 44.9 Å².